The van der Waals surface area contributed by atoms with Gasteiger partial charge in [0.05, 0.1) is 18.6 Å². The Bertz CT molecular complexity index is 942. The van der Waals surface area contributed by atoms with Crippen LogP contribution >= 0.6 is 11.3 Å². The number of amidine groups is 1. The van der Waals surface area contributed by atoms with Gasteiger partial charge in [-0.25, -0.2) is 9.98 Å². The van der Waals surface area contributed by atoms with Crippen molar-refractivity contribution in [2.75, 3.05) is 6.61 Å². The van der Waals surface area contributed by atoms with Crippen LogP contribution < -0.4 is 16.2 Å². The molecule has 0 unspecified atom stereocenters. The Kier molecular flexibility index (Phi) is 5.66. The van der Waals surface area contributed by atoms with Crippen molar-refractivity contribution in [3.05, 3.63) is 39.8 Å². The summed E-state index contributed by atoms with van der Waals surface area (Å²) in [6.07, 6.45) is 4.65. The van der Waals surface area contributed by atoms with Gasteiger partial charge in [0.1, 0.15) is 5.75 Å². The third-order valence-electron chi connectivity index (χ3n) is 3.96. The van der Waals surface area contributed by atoms with Crippen molar-refractivity contribution in [3.8, 4) is 17.0 Å². The SMILES string of the molecule is CC(C)N=C(N=CN)c1nc2c(s1)CCOc1ccc(/C(C=N)=C/N)cc1-2. The fraction of sp³-hybridized carbons (Fsp3) is 0.263. The van der Waals surface area contributed by atoms with Gasteiger partial charge in [0, 0.05) is 40.9 Å². The Hall–Kier alpha value is -3.00. The zero-order valence-corrected chi connectivity index (χ0v) is 16.1. The molecular weight excluding hydrogens is 360 g/mol. The number of hydrogen-bond donors (Lipinski definition) is 3. The number of rotatable bonds is 4. The van der Waals surface area contributed by atoms with E-state index in [1.54, 1.807) is 11.3 Å². The molecule has 1 aromatic heterocycles. The summed E-state index contributed by atoms with van der Waals surface area (Å²) < 4.78 is 5.88. The molecule has 2 aromatic rings. The standard InChI is InChI=1S/C19H22N6OS/c1-11(2)24-18(23-10-22)19-25-17-14-7-12(13(8-20)9-21)3-4-15(14)26-6-5-16(17)27-19/h3-4,7-11,20H,5-6,21H2,1-2H3,(H2,22,23,24)/b13-9+,20-8?. The minimum atomic E-state index is 0.0828. The maximum Gasteiger partial charge on any atom is 0.185 e. The lowest BCUT2D eigenvalue weighted by Crippen LogP contribution is -2.05. The molecule has 27 heavy (non-hydrogen) atoms. The topological polar surface area (TPSA) is 123 Å². The van der Waals surface area contributed by atoms with Crippen LogP contribution in [0, 0.1) is 5.41 Å². The number of benzene rings is 1. The van der Waals surface area contributed by atoms with Crippen molar-refractivity contribution < 1.29 is 4.74 Å². The van der Waals surface area contributed by atoms with Crippen LogP contribution in [-0.2, 0) is 6.42 Å². The Balaban J connectivity index is 2.15. The maximum absolute atomic E-state index is 7.54. The van der Waals surface area contributed by atoms with E-state index in [1.807, 2.05) is 32.0 Å². The van der Waals surface area contributed by atoms with Crippen LogP contribution in [0.15, 0.2) is 34.4 Å². The van der Waals surface area contributed by atoms with Gasteiger partial charge in [-0.15, -0.1) is 11.3 Å². The number of fused-ring (bicyclic) bond motifs is 3. The zero-order chi connectivity index (χ0) is 19.4. The molecule has 140 valence electrons. The van der Waals surface area contributed by atoms with Gasteiger partial charge < -0.3 is 21.6 Å². The summed E-state index contributed by atoms with van der Waals surface area (Å²) in [7, 11) is 0. The van der Waals surface area contributed by atoms with E-state index in [-0.39, 0.29) is 6.04 Å². The van der Waals surface area contributed by atoms with E-state index < -0.39 is 0 Å². The van der Waals surface area contributed by atoms with E-state index >= 15 is 0 Å². The number of nitrogens with zero attached hydrogens (tertiary/aromatic N) is 3. The lowest BCUT2D eigenvalue weighted by Gasteiger charge is -2.09. The van der Waals surface area contributed by atoms with Crippen molar-refractivity contribution >= 4 is 35.3 Å². The van der Waals surface area contributed by atoms with Gasteiger partial charge in [-0.1, -0.05) is 6.07 Å². The number of aliphatic imine (C=N–C) groups is 2. The highest BCUT2D eigenvalue weighted by molar-refractivity contribution is 7.14. The summed E-state index contributed by atoms with van der Waals surface area (Å²) in [5, 5.41) is 8.27. The van der Waals surface area contributed by atoms with Crippen molar-refractivity contribution in [1.82, 2.24) is 4.98 Å². The minimum absolute atomic E-state index is 0.0828. The van der Waals surface area contributed by atoms with Gasteiger partial charge in [0.25, 0.3) is 0 Å². The molecule has 1 aliphatic rings. The van der Waals surface area contributed by atoms with Crippen molar-refractivity contribution in [2.24, 2.45) is 21.5 Å². The molecule has 0 atom stereocenters. The van der Waals surface area contributed by atoms with Gasteiger partial charge in [0.2, 0.25) is 0 Å². The summed E-state index contributed by atoms with van der Waals surface area (Å²) in [4.78, 5) is 14.6. The van der Waals surface area contributed by atoms with Gasteiger partial charge in [-0.05, 0) is 31.5 Å². The van der Waals surface area contributed by atoms with Crippen molar-refractivity contribution in [3.63, 3.8) is 0 Å². The molecule has 0 spiro atoms. The number of ether oxygens (including phenoxy) is 1. The molecule has 1 aromatic carbocycles. The molecule has 0 bridgehead atoms. The zero-order valence-electron chi connectivity index (χ0n) is 15.3. The number of thiazole rings is 1. The monoisotopic (exact) mass is 382 g/mol. The number of hydrogen-bond acceptors (Lipinski definition) is 6. The van der Waals surface area contributed by atoms with Gasteiger partial charge in [-0.3, -0.25) is 4.99 Å². The van der Waals surface area contributed by atoms with Crippen LogP contribution in [0.3, 0.4) is 0 Å². The molecule has 1 aliphatic heterocycles. The highest BCUT2D eigenvalue weighted by Gasteiger charge is 2.23. The Labute approximate surface area is 162 Å². The first kappa shape index (κ1) is 18.8. The number of aromatic nitrogens is 1. The molecule has 5 N–H and O–H groups in total. The van der Waals surface area contributed by atoms with Gasteiger partial charge >= 0.3 is 0 Å². The maximum atomic E-state index is 7.54. The second-order valence-electron chi connectivity index (χ2n) is 6.19. The summed E-state index contributed by atoms with van der Waals surface area (Å²) in [6.45, 7) is 4.54. The van der Waals surface area contributed by atoms with E-state index in [0.29, 0.717) is 18.0 Å². The smallest absolute Gasteiger partial charge is 0.185 e. The molecular formula is C19H22N6OS. The largest absolute Gasteiger partial charge is 0.493 e. The second kappa shape index (κ2) is 8.13. The van der Waals surface area contributed by atoms with Crippen LogP contribution in [-0.4, -0.2) is 36.0 Å². The number of nitrogens with one attached hydrogen (secondary N) is 1. The molecule has 3 rings (SSSR count). The van der Waals surface area contributed by atoms with E-state index in [4.69, 9.17) is 26.6 Å². The summed E-state index contributed by atoms with van der Waals surface area (Å²) in [6, 6.07) is 5.83. The molecule has 0 radical (unpaired) electrons. The van der Waals surface area contributed by atoms with Crippen LogP contribution in [0.25, 0.3) is 16.8 Å². The third kappa shape index (κ3) is 3.90. The molecule has 7 nitrogen and oxygen atoms in total. The van der Waals surface area contributed by atoms with Crippen molar-refractivity contribution in [2.45, 2.75) is 26.3 Å². The van der Waals surface area contributed by atoms with Crippen LogP contribution in [0.1, 0.15) is 29.3 Å². The summed E-state index contributed by atoms with van der Waals surface area (Å²) >= 11 is 1.55. The predicted molar refractivity (Wildman–Crippen MR) is 112 cm³/mol. The fourth-order valence-corrected chi connectivity index (χ4v) is 3.79. The second-order valence-corrected chi connectivity index (χ2v) is 7.27. The average molecular weight is 382 g/mol. The number of allylic oxidation sites excluding steroid dienone is 1. The normalized spacial score (nSPS) is 14.6. The lowest BCUT2D eigenvalue weighted by atomic mass is 10.0. The molecule has 0 fully saturated rings. The first-order valence-corrected chi connectivity index (χ1v) is 9.41. The van der Waals surface area contributed by atoms with Crippen LogP contribution in [0.2, 0.25) is 0 Å². The molecule has 0 amide bonds. The lowest BCUT2D eigenvalue weighted by molar-refractivity contribution is 0.327. The van der Waals surface area contributed by atoms with E-state index in [0.717, 1.165) is 38.9 Å². The summed E-state index contributed by atoms with van der Waals surface area (Å²) in [5.41, 5.74) is 14.3. The first-order chi connectivity index (χ1) is 13.1. The first-order valence-electron chi connectivity index (χ1n) is 8.59. The number of nitrogens with two attached hydrogens (primary N) is 2. The molecule has 0 saturated carbocycles. The Morgan fingerprint density at radius 2 is 2.19 bits per heavy atom. The highest BCUT2D eigenvalue weighted by Crippen LogP contribution is 2.39. The van der Waals surface area contributed by atoms with Crippen LogP contribution in [0.5, 0.6) is 5.75 Å². The molecule has 0 aliphatic carbocycles. The van der Waals surface area contributed by atoms with E-state index in [9.17, 15) is 0 Å². The Morgan fingerprint density at radius 1 is 1.37 bits per heavy atom. The minimum Gasteiger partial charge on any atom is -0.493 e. The van der Waals surface area contributed by atoms with Gasteiger partial charge in [-0.2, -0.15) is 0 Å². The predicted octanol–water partition coefficient (Wildman–Crippen LogP) is 2.84. The Morgan fingerprint density at radius 3 is 2.85 bits per heavy atom. The van der Waals surface area contributed by atoms with E-state index in [1.165, 1.54) is 18.8 Å². The van der Waals surface area contributed by atoms with Crippen molar-refractivity contribution in [1.29, 1.82) is 5.41 Å². The fourth-order valence-electron chi connectivity index (χ4n) is 2.79. The molecule has 0 saturated heterocycles. The average Bonchev–Trinajstić information content (AvgIpc) is 2.99. The third-order valence-corrected chi connectivity index (χ3v) is 5.07. The van der Waals surface area contributed by atoms with Gasteiger partial charge in [0.15, 0.2) is 10.8 Å². The summed E-state index contributed by atoms with van der Waals surface area (Å²) in [5.74, 6) is 1.30. The van der Waals surface area contributed by atoms with E-state index in [2.05, 4.69) is 9.98 Å². The molecule has 8 heteroatoms. The molecule has 2 heterocycles. The van der Waals surface area contributed by atoms with Crippen LogP contribution in [0.4, 0.5) is 0 Å². The highest BCUT2D eigenvalue weighted by atomic mass is 32.1. The quantitative estimate of drug-likeness (QED) is 0.556.